The molecule has 4 rings (SSSR count). The number of amides is 1. The van der Waals surface area contributed by atoms with Crippen LogP contribution in [0.25, 0.3) is 11.4 Å². The van der Waals surface area contributed by atoms with Crippen molar-refractivity contribution < 1.29 is 18.8 Å². The molecule has 0 fully saturated rings. The van der Waals surface area contributed by atoms with Crippen LogP contribution in [0.2, 0.25) is 0 Å². The van der Waals surface area contributed by atoms with Gasteiger partial charge in [0.15, 0.2) is 11.5 Å². The summed E-state index contributed by atoms with van der Waals surface area (Å²) in [5, 5.41) is 7.21. The van der Waals surface area contributed by atoms with Crippen molar-refractivity contribution in [2.24, 2.45) is 5.92 Å². The smallest absolute Gasteiger partial charge is 0.227 e. The van der Waals surface area contributed by atoms with Crippen LogP contribution in [0.3, 0.4) is 0 Å². The summed E-state index contributed by atoms with van der Waals surface area (Å²) in [5.41, 5.74) is 3.15. The van der Waals surface area contributed by atoms with E-state index in [1.807, 2.05) is 30.3 Å². The van der Waals surface area contributed by atoms with E-state index in [-0.39, 0.29) is 24.3 Å². The van der Waals surface area contributed by atoms with Gasteiger partial charge in [-0.05, 0) is 35.1 Å². The average Bonchev–Trinajstić information content (AvgIpc) is 3.30. The van der Waals surface area contributed by atoms with Crippen molar-refractivity contribution in [1.82, 2.24) is 15.5 Å². The Morgan fingerprint density at radius 1 is 0.970 bits per heavy atom. The van der Waals surface area contributed by atoms with Gasteiger partial charge in [-0.3, -0.25) is 4.79 Å². The summed E-state index contributed by atoms with van der Waals surface area (Å²) in [5.74, 6) is 3.06. The fourth-order valence-corrected chi connectivity index (χ4v) is 3.85. The molecule has 0 aliphatic carbocycles. The SMILES string of the molecule is CC(C)c1ccc(-c2noc(CCC(=O)NC(c3ccc4c(c3)OCCO4)C(C)C)n2)cc1. The highest BCUT2D eigenvalue weighted by molar-refractivity contribution is 5.76. The second-order valence-corrected chi connectivity index (χ2v) is 8.98. The van der Waals surface area contributed by atoms with E-state index < -0.39 is 0 Å². The zero-order valence-electron chi connectivity index (χ0n) is 19.6. The van der Waals surface area contributed by atoms with E-state index in [2.05, 4.69) is 55.3 Å². The van der Waals surface area contributed by atoms with Crippen LogP contribution in [0.4, 0.5) is 0 Å². The first kappa shape index (κ1) is 22.8. The van der Waals surface area contributed by atoms with Gasteiger partial charge in [0, 0.05) is 18.4 Å². The van der Waals surface area contributed by atoms with Crippen LogP contribution >= 0.6 is 0 Å². The Kier molecular flexibility index (Phi) is 6.96. The normalized spacial score (nSPS) is 13.9. The molecule has 1 atom stereocenters. The number of aromatic nitrogens is 2. The lowest BCUT2D eigenvalue weighted by molar-refractivity contribution is -0.122. The van der Waals surface area contributed by atoms with E-state index in [0.29, 0.717) is 37.3 Å². The molecular formula is C26H31N3O4. The highest BCUT2D eigenvalue weighted by Crippen LogP contribution is 2.34. The number of aryl methyl sites for hydroxylation is 1. The number of hydrogen-bond acceptors (Lipinski definition) is 6. The van der Waals surface area contributed by atoms with Gasteiger partial charge in [0.25, 0.3) is 0 Å². The van der Waals surface area contributed by atoms with Crippen molar-refractivity contribution in [3.05, 3.63) is 59.5 Å². The molecule has 1 unspecified atom stereocenters. The summed E-state index contributed by atoms with van der Waals surface area (Å²) in [6.45, 7) is 9.56. The second kappa shape index (κ2) is 10.1. The highest BCUT2D eigenvalue weighted by Gasteiger charge is 2.22. The van der Waals surface area contributed by atoms with Gasteiger partial charge < -0.3 is 19.3 Å². The summed E-state index contributed by atoms with van der Waals surface area (Å²) in [7, 11) is 0. The molecule has 0 spiro atoms. The average molecular weight is 450 g/mol. The minimum Gasteiger partial charge on any atom is -0.486 e. The summed E-state index contributed by atoms with van der Waals surface area (Å²) in [6, 6.07) is 13.8. The van der Waals surface area contributed by atoms with E-state index in [0.717, 1.165) is 22.6 Å². The molecule has 0 saturated heterocycles. The van der Waals surface area contributed by atoms with Crippen molar-refractivity contribution in [3.63, 3.8) is 0 Å². The second-order valence-electron chi connectivity index (χ2n) is 8.98. The third-order valence-corrected chi connectivity index (χ3v) is 5.78. The predicted octanol–water partition coefficient (Wildman–Crippen LogP) is 5.08. The van der Waals surface area contributed by atoms with Crippen LogP contribution in [-0.2, 0) is 11.2 Å². The van der Waals surface area contributed by atoms with Gasteiger partial charge in [0.1, 0.15) is 13.2 Å². The van der Waals surface area contributed by atoms with E-state index >= 15 is 0 Å². The lowest BCUT2D eigenvalue weighted by Crippen LogP contribution is -2.32. The van der Waals surface area contributed by atoms with E-state index in [1.54, 1.807) is 0 Å². The molecule has 1 aliphatic rings. The number of carbonyl (C=O) groups excluding carboxylic acids is 1. The Labute approximate surface area is 194 Å². The lowest BCUT2D eigenvalue weighted by atomic mass is 9.95. The molecule has 7 heteroatoms. The van der Waals surface area contributed by atoms with Gasteiger partial charge in [-0.25, -0.2) is 0 Å². The van der Waals surface area contributed by atoms with E-state index in [4.69, 9.17) is 14.0 Å². The van der Waals surface area contributed by atoms with Gasteiger partial charge in [0.2, 0.25) is 17.6 Å². The van der Waals surface area contributed by atoms with Gasteiger partial charge in [0.05, 0.1) is 6.04 Å². The van der Waals surface area contributed by atoms with Gasteiger partial charge in [-0.2, -0.15) is 4.98 Å². The van der Waals surface area contributed by atoms with Gasteiger partial charge >= 0.3 is 0 Å². The molecule has 3 aromatic rings. The van der Waals surface area contributed by atoms with Gasteiger partial charge in [-0.15, -0.1) is 0 Å². The quantitative estimate of drug-likeness (QED) is 0.516. The monoisotopic (exact) mass is 449 g/mol. The van der Waals surface area contributed by atoms with Crippen LogP contribution in [0.15, 0.2) is 47.0 Å². The Hall–Kier alpha value is -3.35. The predicted molar refractivity (Wildman–Crippen MR) is 125 cm³/mol. The molecule has 0 bridgehead atoms. The highest BCUT2D eigenvalue weighted by atomic mass is 16.6. The number of rotatable bonds is 8. The summed E-state index contributed by atoms with van der Waals surface area (Å²) in [6.07, 6.45) is 0.649. The largest absolute Gasteiger partial charge is 0.486 e. The summed E-state index contributed by atoms with van der Waals surface area (Å²) < 4.78 is 16.7. The minimum absolute atomic E-state index is 0.0652. The lowest BCUT2D eigenvalue weighted by Gasteiger charge is -2.25. The van der Waals surface area contributed by atoms with Crippen LogP contribution in [-0.4, -0.2) is 29.3 Å². The number of fused-ring (bicyclic) bond motifs is 1. The first-order valence-electron chi connectivity index (χ1n) is 11.5. The van der Waals surface area contributed by atoms with Crippen molar-refractivity contribution in [2.75, 3.05) is 13.2 Å². The molecule has 174 valence electrons. The Morgan fingerprint density at radius 2 is 1.67 bits per heavy atom. The number of ether oxygens (including phenoxy) is 2. The molecule has 0 radical (unpaired) electrons. The van der Waals surface area contributed by atoms with E-state index in [9.17, 15) is 4.79 Å². The molecule has 1 aromatic heterocycles. The number of nitrogens with one attached hydrogen (secondary N) is 1. The van der Waals surface area contributed by atoms with Crippen LogP contribution in [0, 0.1) is 5.92 Å². The number of nitrogens with zero attached hydrogens (tertiary/aromatic N) is 2. The molecule has 1 N–H and O–H groups in total. The van der Waals surface area contributed by atoms with Crippen LogP contribution in [0.5, 0.6) is 11.5 Å². The number of benzene rings is 2. The third kappa shape index (κ3) is 5.53. The van der Waals surface area contributed by atoms with Crippen LogP contribution in [0.1, 0.15) is 63.1 Å². The maximum Gasteiger partial charge on any atom is 0.227 e. The van der Waals surface area contributed by atoms with Crippen molar-refractivity contribution in [1.29, 1.82) is 0 Å². The summed E-state index contributed by atoms with van der Waals surface area (Å²) >= 11 is 0. The topological polar surface area (TPSA) is 86.5 Å². The number of hydrogen-bond donors (Lipinski definition) is 1. The fourth-order valence-electron chi connectivity index (χ4n) is 3.85. The Bertz CT molecular complexity index is 1090. The van der Waals surface area contributed by atoms with Crippen molar-refractivity contribution in [3.8, 4) is 22.9 Å². The summed E-state index contributed by atoms with van der Waals surface area (Å²) in [4.78, 5) is 17.2. The maximum absolute atomic E-state index is 12.7. The Morgan fingerprint density at radius 3 is 2.36 bits per heavy atom. The third-order valence-electron chi connectivity index (χ3n) is 5.78. The maximum atomic E-state index is 12.7. The molecule has 33 heavy (non-hydrogen) atoms. The van der Waals surface area contributed by atoms with Crippen molar-refractivity contribution >= 4 is 5.91 Å². The number of carbonyl (C=O) groups is 1. The van der Waals surface area contributed by atoms with E-state index in [1.165, 1.54) is 5.56 Å². The molecule has 1 aliphatic heterocycles. The molecule has 2 heterocycles. The van der Waals surface area contributed by atoms with Crippen molar-refractivity contribution in [2.45, 2.75) is 52.5 Å². The molecule has 2 aromatic carbocycles. The standard InChI is InChI=1S/C26H31N3O4/c1-16(2)18-5-7-19(8-6-18)26-28-24(33-29-26)12-11-23(30)27-25(17(3)4)20-9-10-21-22(15-20)32-14-13-31-21/h5-10,15-17,25H,11-14H2,1-4H3,(H,27,30). The first-order valence-corrected chi connectivity index (χ1v) is 11.5. The zero-order valence-corrected chi connectivity index (χ0v) is 19.6. The van der Waals surface area contributed by atoms with Gasteiger partial charge in [-0.1, -0.05) is 63.2 Å². The molecule has 7 nitrogen and oxygen atoms in total. The van der Waals surface area contributed by atoms with Crippen LogP contribution < -0.4 is 14.8 Å². The Balaban J connectivity index is 1.36. The minimum atomic E-state index is -0.133. The zero-order chi connectivity index (χ0) is 23.4. The molecule has 0 saturated carbocycles. The fraction of sp³-hybridized carbons (Fsp3) is 0.423. The molecule has 1 amide bonds. The first-order chi connectivity index (χ1) is 15.9. The molecular weight excluding hydrogens is 418 g/mol.